The highest BCUT2D eigenvalue weighted by Gasteiger charge is 2.28. The summed E-state index contributed by atoms with van der Waals surface area (Å²) in [6.45, 7) is 4.01. The van der Waals surface area contributed by atoms with Crippen LogP contribution in [0.15, 0.2) is 24.3 Å². The van der Waals surface area contributed by atoms with Gasteiger partial charge in [-0.3, -0.25) is 0 Å². The number of cyclic esters (lactones) is 1. The number of carbonyl (C=O) groups excluding carboxylic acids is 1. The molecular weight excluding hydrogens is 164 g/mol. The molecule has 2 nitrogen and oxygen atoms in total. The van der Waals surface area contributed by atoms with Crippen LogP contribution < -0.4 is 0 Å². The third-order valence-electron chi connectivity index (χ3n) is 2.67. The highest BCUT2D eigenvalue weighted by Crippen LogP contribution is 2.30. The average molecular weight is 176 g/mol. The fourth-order valence-corrected chi connectivity index (χ4v) is 1.67. The summed E-state index contributed by atoms with van der Waals surface area (Å²) in [6, 6.07) is 7.64. The first-order valence-electron chi connectivity index (χ1n) is 4.50. The zero-order chi connectivity index (χ0) is 9.42. The van der Waals surface area contributed by atoms with Crippen molar-refractivity contribution in [1.82, 2.24) is 0 Å². The minimum atomic E-state index is -0.193. The van der Waals surface area contributed by atoms with Gasteiger partial charge in [0.15, 0.2) is 0 Å². The van der Waals surface area contributed by atoms with Crippen molar-refractivity contribution in [2.45, 2.75) is 25.9 Å². The molecule has 0 saturated heterocycles. The van der Waals surface area contributed by atoms with E-state index < -0.39 is 0 Å². The third kappa shape index (κ3) is 1.22. The second-order valence-electron chi connectivity index (χ2n) is 3.49. The van der Waals surface area contributed by atoms with Gasteiger partial charge in [0.25, 0.3) is 0 Å². The smallest absolute Gasteiger partial charge is 0.338 e. The van der Waals surface area contributed by atoms with Gasteiger partial charge in [-0.1, -0.05) is 25.1 Å². The van der Waals surface area contributed by atoms with Crippen LogP contribution in [0.3, 0.4) is 0 Å². The van der Waals surface area contributed by atoms with E-state index in [2.05, 4.69) is 6.92 Å². The fraction of sp³-hybridized carbons (Fsp3) is 0.364. The van der Waals surface area contributed by atoms with E-state index in [0.29, 0.717) is 11.5 Å². The summed E-state index contributed by atoms with van der Waals surface area (Å²) in [4.78, 5) is 11.4. The SMILES string of the molecule is C[C@@H]1OC(=O)c2ccccc2[C@@H]1C. The molecule has 0 aromatic heterocycles. The number of fused-ring (bicyclic) bond motifs is 1. The Hall–Kier alpha value is -1.31. The Morgan fingerprint density at radius 1 is 1.23 bits per heavy atom. The van der Waals surface area contributed by atoms with Crippen molar-refractivity contribution in [3.8, 4) is 0 Å². The average Bonchev–Trinajstić information content (AvgIpc) is 2.15. The highest BCUT2D eigenvalue weighted by molar-refractivity contribution is 5.92. The second-order valence-corrected chi connectivity index (χ2v) is 3.49. The molecule has 1 aliphatic heterocycles. The summed E-state index contributed by atoms with van der Waals surface area (Å²) in [6.07, 6.45) is -0.0117. The predicted molar refractivity (Wildman–Crippen MR) is 49.7 cm³/mol. The molecule has 0 radical (unpaired) electrons. The first kappa shape index (κ1) is 8.30. The van der Waals surface area contributed by atoms with Gasteiger partial charge in [-0.2, -0.15) is 0 Å². The molecule has 0 fully saturated rings. The molecule has 0 saturated carbocycles. The van der Waals surface area contributed by atoms with Crippen LogP contribution in [0.1, 0.15) is 35.7 Å². The minimum absolute atomic E-state index is 0.0117. The molecule has 1 heterocycles. The normalized spacial score (nSPS) is 26.5. The van der Waals surface area contributed by atoms with Crippen molar-refractivity contribution in [3.63, 3.8) is 0 Å². The van der Waals surface area contributed by atoms with E-state index in [-0.39, 0.29) is 12.1 Å². The summed E-state index contributed by atoms with van der Waals surface area (Å²) < 4.78 is 5.19. The molecular formula is C11H12O2. The zero-order valence-corrected chi connectivity index (χ0v) is 7.78. The number of benzene rings is 1. The summed E-state index contributed by atoms with van der Waals surface area (Å²) in [5.41, 5.74) is 1.82. The van der Waals surface area contributed by atoms with Gasteiger partial charge in [0.05, 0.1) is 5.56 Å². The second kappa shape index (κ2) is 2.87. The molecule has 1 aliphatic rings. The van der Waals surface area contributed by atoms with E-state index in [9.17, 15) is 4.79 Å². The van der Waals surface area contributed by atoms with E-state index in [4.69, 9.17) is 4.74 Å². The molecule has 0 bridgehead atoms. The maximum absolute atomic E-state index is 11.4. The lowest BCUT2D eigenvalue weighted by Gasteiger charge is -2.27. The van der Waals surface area contributed by atoms with Crippen molar-refractivity contribution in [2.24, 2.45) is 0 Å². The lowest BCUT2D eigenvalue weighted by Crippen LogP contribution is -2.28. The van der Waals surface area contributed by atoms with Crippen molar-refractivity contribution < 1.29 is 9.53 Å². The maximum Gasteiger partial charge on any atom is 0.338 e. The molecule has 1 aromatic carbocycles. The van der Waals surface area contributed by atoms with Crippen LogP contribution in [0.2, 0.25) is 0 Å². The van der Waals surface area contributed by atoms with Gasteiger partial charge in [0.2, 0.25) is 0 Å². The van der Waals surface area contributed by atoms with Crippen molar-refractivity contribution in [1.29, 1.82) is 0 Å². The highest BCUT2D eigenvalue weighted by atomic mass is 16.5. The van der Waals surface area contributed by atoms with Crippen LogP contribution in [0.5, 0.6) is 0 Å². The lowest BCUT2D eigenvalue weighted by atomic mass is 9.89. The van der Waals surface area contributed by atoms with Gasteiger partial charge < -0.3 is 4.74 Å². The quantitative estimate of drug-likeness (QED) is 0.567. The van der Waals surface area contributed by atoms with Gasteiger partial charge in [-0.05, 0) is 18.6 Å². The lowest BCUT2D eigenvalue weighted by molar-refractivity contribution is 0.0241. The molecule has 1 aromatic rings. The molecule has 0 unspecified atom stereocenters. The van der Waals surface area contributed by atoms with E-state index >= 15 is 0 Å². The van der Waals surface area contributed by atoms with Gasteiger partial charge in [0.1, 0.15) is 6.10 Å². The summed E-state index contributed by atoms with van der Waals surface area (Å²) in [7, 11) is 0. The largest absolute Gasteiger partial charge is 0.458 e. The topological polar surface area (TPSA) is 26.3 Å². The summed E-state index contributed by atoms with van der Waals surface area (Å²) >= 11 is 0. The monoisotopic (exact) mass is 176 g/mol. The molecule has 2 heteroatoms. The van der Waals surface area contributed by atoms with Crippen LogP contribution in [-0.2, 0) is 4.74 Å². The molecule has 68 valence electrons. The molecule has 0 N–H and O–H groups in total. The fourth-order valence-electron chi connectivity index (χ4n) is 1.67. The number of ether oxygens (including phenoxy) is 1. The Labute approximate surface area is 77.5 Å². The first-order chi connectivity index (χ1) is 6.20. The standard InChI is InChI=1S/C11H12O2/c1-7-8(2)13-11(12)10-6-4-3-5-9(7)10/h3-8H,1-2H3/t7-,8+/m1/s1. The summed E-state index contributed by atoms with van der Waals surface area (Å²) in [5, 5.41) is 0. The predicted octanol–water partition coefficient (Wildman–Crippen LogP) is 2.35. The molecule has 0 spiro atoms. The van der Waals surface area contributed by atoms with Crippen molar-refractivity contribution >= 4 is 5.97 Å². The Morgan fingerprint density at radius 3 is 2.69 bits per heavy atom. The number of hydrogen-bond acceptors (Lipinski definition) is 2. The van der Waals surface area contributed by atoms with Crippen molar-refractivity contribution in [2.75, 3.05) is 0 Å². The Kier molecular flexibility index (Phi) is 1.83. The molecule has 0 aliphatic carbocycles. The van der Waals surface area contributed by atoms with Crippen LogP contribution in [0, 0.1) is 0 Å². The molecule has 2 atom stereocenters. The van der Waals surface area contributed by atoms with Crippen molar-refractivity contribution in [3.05, 3.63) is 35.4 Å². The minimum Gasteiger partial charge on any atom is -0.458 e. The van der Waals surface area contributed by atoms with E-state index in [1.54, 1.807) is 0 Å². The van der Waals surface area contributed by atoms with E-state index in [1.807, 2.05) is 31.2 Å². The van der Waals surface area contributed by atoms with Crippen LogP contribution >= 0.6 is 0 Å². The van der Waals surface area contributed by atoms with Gasteiger partial charge in [0, 0.05) is 5.92 Å². The van der Waals surface area contributed by atoms with E-state index in [0.717, 1.165) is 5.56 Å². The molecule has 2 rings (SSSR count). The number of rotatable bonds is 0. The molecule has 13 heavy (non-hydrogen) atoms. The third-order valence-corrected chi connectivity index (χ3v) is 2.67. The molecule has 0 amide bonds. The van der Waals surface area contributed by atoms with Gasteiger partial charge in [-0.25, -0.2) is 4.79 Å². The van der Waals surface area contributed by atoms with Gasteiger partial charge >= 0.3 is 5.97 Å². The number of carbonyl (C=O) groups is 1. The summed E-state index contributed by atoms with van der Waals surface area (Å²) in [5.74, 6) is 0.107. The van der Waals surface area contributed by atoms with E-state index in [1.165, 1.54) is 0 Å². The zero-order valence-electron chi connectivity index (χ0n) is 7.78. The maximum atomic E-state index is 11.4. The Balaban J connectivity index is 2.53. The number of hydrogen-bond donors (Lipinski definition) is 0. The van der Waals surface area contributed by atoms with Crippen LogP contribution in [-0.4, -0.2) is 12.1 Å². The van der Waals surface area contributed by atoms with Crippen LogP contribution in [0.25, 0.3) is 0 Å². The first-order valence-corrected chi connectivity index (χ1v) is 4.50. The van der Waals surface area contributed by atoms with Crippen LogP contribution in [0.4, 0.5) is 0 Å². The number of esters is 1. The van der Waals surface area contributed by atoms with Gasteiger partial charge in [-0.15, -0.1) is 0 Å². The Bertz CT molecular complexity index is 344. The Morgan fingerprint density at radius 2 is 1.92 bits per heavy atom.